The second-order valence-electron chi connectivity index (χ2n) is 9.19. The number of benzene rings is 3. The predicted molar refractivity (Wildman–Crippen MR) is 157 cm³/mol. The van der Waals surface area contributed by atoms with Gasteiger partial charge in [-0.05, 0) is 68.7 Å². The summed E-state index contributed by atoms with van der Waals surface area (Å²) in [5.74, 6) is -0.831. The Morgan fingerprint density at radius 1 is 0.923 bits per heavy atom. The molecular weight excluding hydrogens is 557 g/mol. The van der Waals surface area contributed by atoms with Crippen LogP contribution in [-0.4, -0.2) is 44.3 Å². The summed E-state index contributed by atoms with van der Waals surface area (Å²) in [5.41, 5.74) is 2.88. The maximum Gasteiger partial charge on any atom is 0.264 e. The molecule has 0 aliphatic heterocycles. The molecule has 0 unspecified atom stereocenters. The van der Waals surface area contributed by atoms with E-state index in [2.05, 4.69) is 5.32 Å². The molecule has 3 rings (SSSR count). The van der Waals surface area contributed by atoms with Crippen molar-refractivity contribution >= 4 is 50.7 Å². The van der Waals surface area contributed by atoms with Crippen LogP contribution in [0, 0.1) is 13.8 Å². The van der Waals surface area contributed by atoms with Crippen LogP contribution in [0.2, 0.25) is 10.0 Å². The van der Waals surface area contributed by atoms with Crippen molar-refractivity contribution in [3.8, 4) is 0 Å². The number of carbonyl (C=O) groups excluding carboxylic acids is 2. The van der Waals surface area contributed by atoms with Crippen molar-refractivity contribution in [1.29, 1.82) is 0 Å². The maximum absolute atomic E-state index is 14.0. The molecule has 2 amide bonds. The van der Waals surface area contributed by atoms with Crippen molar-refractivity contribution in [3.05, 3.63) is 93.5 Å². The van der Waals surface area contributed by atoms with Gasteiger partial charge in [-0.15, -0.1) is 0 Å². The van der Waals surface area contributed by atoms with E-state index in [0.29, 0.717) is 13.0 Å². The first-order valence-electron chi connectivity index (χ1n) is 12.7. The lowest BCUT2D eigenvalue weighted by Crippen LogP contribution is -2.52. The third kappa shape index (κ3) is 7.32. The average Bonchev–Trinajstić information content (AvgIpc) is 2.90. The van der Waals surface area contributed by atoms with Crippen LogP contribution in [0.1, 0.15) is 37.0 Å². The molecule has 0 saturated carbocycles. The first-order valence-corrected chi connectivity index (χ1v) is 14.8. The van der Waals surface area contributed by atoms with Gasteiger partial charge in [0.25, 0.3) is 10.0 Å². The van der Waals surface area contributed by atoms with Gasteiger partial charge in [0.05, 0.1) is 20.6 Å². The molecule has 0 spiro atoms. The van der Waals surface area contributed by atoms with Gasteiger partial charge >= 0.3 is 0 Å². The third-order valence-electron chi connectivity index (χ3n) is 6.42. The van der Waals surface area contributed by atoms with Gasteiger partial charge in [0.1, 0.15) is 12.6 Å². The van der Waals surface area contributed by atoms with E-state index in [1.54, 1.807) is 19.1 Å². The van der Waals surface area contributed by atoms with Crippen molar-refractivity contribution in [3.63, 3.8) is 0 Å². The molecule has 7 nitrogen and oxygen atoms in total. The number of nitrogens with one attached hydrogen (secondary N) is 1. The second-order valence-corrected chi connectivity index (χ2v) is 11.9. The molecule has 10 heteroatoms. The molecule has 0 bridgehead atoms. The number of halogens is 2. The normalized spacial score (nSPS) is 12.1. The fourth-order valence-electron chi connectivity index (χ4n) is 4.19. The molecule has 1 atom stereocenters. The minimum atomic E-state index is -4.19. The Bertz CT molecular complexity index is 1430. The highest BCUT2D eigenvalue weighted by Crippen LogP contribution is 2.31. The highest BCUT2D eigenvalue weighted by Gasteiger charge is 2.34. The zero-order chi connectivity index (χ0) is 28.7. The van der Waals surface area contributed by atoms with Gasteiger partial charge < -0.3 is 10.2 Å². The number of anilines is 1. The van der Waals surface area contributed by atoms with E-state index < -0.39 is 28.5 Å². The van der Waals surface area contributed by atoms with Gasteiger partial charge in [-0.25, -0.2) is 8.42 Å². The Morgan fingerprint density at radius 3 is 2.18 bits per heavy atom. The van der Waals surface area contributed by atoms with Crippen LogP contribution in [0.15, 0.2) is 71.6 Å². The van der Waals surface area contributed by atoms with Crippen molar-refractivity contribution in [2.75, 3.05) is 17.4 Å². The Morgan fingerprint density at radius 2 is 1.59 bits per heavy atom. The minimum Gasteiger partial charge on any atom is -0.355 e. The van der Waals surface area contributed by atoms with E-state index in [0.717, 1.165) is 21.0 Å². The second kappa shape index (κ2) is 13.3. The lowest BCUT2D eigenvalue weighted by Gasteiger charge is -2.33. The van der Waals surface area contributed by atoms with E-state index in [4.69, 9.17) is 23.2 Å². The van der Waals surface area contributed by atoms with Gasteiger partial charge in [0.15, 0.2) is 0 Å². The van der Waals surface area contributed by atoms with Crippen LogP contribution in [-0.2, 0) is 26.2 Å². The molecule has 0 aromatic heterocycles. The summed E-state index contributed by atoms with van der Waals surface area (Å²) in [4.78, 5) is 28.5. The number of likely N-dealkylation sites (N-methyl/N-ethyl adjacent to an activating group) is 1. The molecule has 1 N–H and O–H groups in total. The zero-order valence-corrected chi connectivity index (χ0v) is 24.8. The lowest BCUT2D eigenvalue weighted by atomic mass is 10.1. The van der Waals surface area contributed by atoms with Crippen molar-refractivity contribution in [2.24, 2.45) is 0 Å². The van der Waals surface area contributed by atoms with Crippen LogP contribution in [0.25, 0.3) is 0 Å². The molecule has 39 heavy (non-hydrogen) atoms. The maximum atomic E-state index is 14.0. The van der Waals surface area contributed by atoms with Gasteiger partial charge in [-0.2, -0.15) is 0 Å². The van der Waals surface area contributed by atoms with Crippen molar-refractivity contribution in [1.82, 2.24) is 10.2 Å². The molecule has 0 aliphatic rings. The molecule has 0 heterocycles. The van der Waals surface area contributed by atoms with Gasteiger partial charge in [0, 0.05) is 13.1 Å². The molecule has 0 aliphatic carbocycles. The Balaban J connectivity index is 2.10. The summed E-state index contributed by atoms with van der Waals surface area (Å²) in [5, 5.41) is 3.20. The molecule has 0 radical (unpaired) electrons. The van der Waals surface area contributed by atoms with Crippen LogP contribution < -0.4 is 9.62 Å². The fraction of sp³-hybridized carbons (Fsp3) is 0.310. The van der Waals surface area contributed by atoms with E-state index in [9.17, 15) is 18.0 Å². The predicted octanol–water partition coefficient (Wildman–Crippen LogP) is 5.75. The topological polar surface area (TPSA) is 86.8 Å². The molecule has 0 saturated heterocycles. The van der Waals surface area contributed by atoms with E-state index >= 15 is 0 Å². The smallest absolute Gasteiger partial charge is 0.264 e. The standard InChI is InChI=1S/C29H33Cl2N3O4S/c1-5-27(29(36)32-6-2)33(18-22-10-8-7-9-21(22)4)28(35)19-34(23-13-16-25(30)26(31)17-23)39(37,38)24-14-11-20(3)12-15-24/h7-17,27H,5-6,18-19H2,1-4H3,(H,32,36)/t27-/m0/s1. The largest absolute Gasteiger partial charge is 0.355 e. The molecular formula is C29H33Cl2N3O4S. The molecule has 3 aromatic rings. The quantitative estimate of drug-likeness (QED) is 0.308. The summed E-state index contributed by atoms with van der Waals surface area (Å²) in [7, 11) is -4.19. The Hall–Kier alpha value is -3.07. The average molecular weight is 591 g/mol. The first-order chi connectivity index (χ1) is 18.5. The van der Waals surface area contributed by atoms with E-state index in [-0.39, 0.29) is 33.1 Å². The van der Waals surface area contributed by atoms with Crippen LogP contribution in [0.4, 0.5) is 5.69 Å². The van der Waals surface area contributed by atoms with Crippen molar-refractivity contribution in [2.45, 2.75) is 51.6 Å². The van der Waals surface area contributed by atoms with Crippen molar-refractivity contribution < 1.29 is 18.0 Å². The lowest BCUT2D eigenvalue weighted by molar-refractivity contribution is -0.140. The highest BCUT2D eigenvalue weighted by atomic mass is 35.5. The number of hydrogen-bond donors (Lipinski definition) is 1. The van der Waals surface area contributed by atoms with E-state index in [1.807, 2.05) is 45.0 Å². The number of carbonyl (C=O) groups is 2. The minimum absolute atomic E-state index is 0.0215. The van der Waals surface area contributed by atoms with E-state index in [1.165, 1.54) is 35.2 Å². The number of hydrogen-bond acceptors (Lipinski definition) is 4. The summed E-state index contributed by atoms with van der Waals surface area (Å²) in [6.07, 6.45) is 0.348. The van der Waals surface area contributed by atoms with Crippen LogP contribution in [0.5, 0.6) is 0 Å². The molecule has 208 valence electrons. The Kier molecular flexibility index (Phi) is 10.4. The van der Waals surface area contributed by atoms with Gasteiger partial charge in [-0.1, -0.05) is 72.1 Å². The summed E-state index contributed by atoms with van der Waals surface area (Å²) < 4.78 is 28.8. The molecule has 3 aromatic carbocycles. The summed E-state index contributed by atoms with van der Waals surface area (Å²) >= 11 is 12.3. The third-order valence-corrected chi connectivity index (χ3v) is 8.94. The zero-order valence-electron chi connectivity index (χ0n) is 22.4. The number of sulfonamides is 1. The fourth-order valence-corrected chi connectivity index (χ4v) is 5.89. The number of nitrogens with zero attached hydrogens (tertiary/aromatic N) is 2. The molecule has 0 fully saturated rings. The number of aryl methyl sites for hydroxylation is 2. The summed E-state index contributed by atoms with van der Waals surface area (Å²) in [6, 6.07) is 17.5. The van der Waals surface area contributed by atoms with Crippen LogP contribution in [0.3, 0.4) is 0 Å². The van der Waals surface area contributed by atoms with Gasteiger partial charge in [-0.3, -0.25) is 13.9 Å². The van der Waals surface area contributed by atoms with Crippen LogP contribution >= 0.6 is 23.2 Å². The first kappa shape index (κ1) is 30.5. The number of rotatable bonds is 11. The van der Waals surface area contributed by atoms with Gasteiger partial charge in [0.2, 0.25) is 11.8 Å². The highest BCUT2D eigenvalue weighted by molar-refractivity contribution is 7.92. The number of amides is 2. The Labute approximate surface area is 240 Å². The monoisotopic (exact) mass is 589 g/mol. The SMILES string of the molecule is CCNC(=O)[C@H](CC)N(Cc1ccccc1C)C(=O)CN(c1ccc(Cl)c(Cl)c1)S(=O)(=O)c1ccc(C)cc1. The summed E-state index contributed by atoms with van der Waals surface area (Å²) in [6.45, 7) is 7.40.